The molecule has 0 aliphatic carbocycles. The van der Waals surface area contributed by atoms with E-state index in [1.807, 2.05) is 12.1 Å². The van der Waals surface area contributed by atoms with Gasteiger partial charge in [-0.05, 0) is 34.3 Å². The maximum atomic E-state index is 7.13. The second-order valence-corrected chi connectivity index (χ2v) is 14.2. The molecule has 3 rings (SSSR count). The molecule has 1 heterocycles. The Labute approximate surface area is 192 Å². The third-order valence-electron chi connectivity index (χ3n) is 5.41. The molecule has 0 fully saturated rings. The molecule has 3 aromatic rings. The molecule has 0 saturated carbocycles. The monoisotopic (exact) mass is 448 g/mol. The van der Waals surface area contributed by atoms with Crippen LogP contribution in [0.3, 0.4) is 0 Å². The molecule has 2 aromatic carbocycles. The first-order chi connectivity index (χ1) is 15.0. The Balaban J connectivity index is 1.98. The van der Waals surface area contributed by atoms with Crippen molar-refractivity contribution < 1.29 is 4.43 Å². The zero-order valence-corrected chi connectivity index (χ0v) is 20.5. The molecule has 0 saturated heterocycles. The van der Waals surface area contributed by atoms with Crippen LogP contribution in [0.1, 0.15) is 33.6 Å². The van der Waals surface area contributed by atoms with E-state index < -0.39 is 8.32 Å². The van der Waals surface area contributed by atoms with Gasteiger partial charge in [0.15, 0.2) is 5.16 Å². The van der Waals surface area contributed by atoms with Crippen LogP contribution in [0.5, 0.6) is 0 Å². The summed E-state index contributed by atoms with van der Waals surface area (Å²) in [6.07, 6.45) is 7.48. The summed E-state index contributed by atoms with van der Waals surface area (Å²) in [7, 11) is -2.55. The van der Waals surface area contributed by atoms with Crippen molar-refractivity contribution in [3.05, 3.63) is 91.8 Å². The van der Waals surface area contributed by atoms with Gasteiger partial charge in [0.1, 0.15) is 0 Å². The highest BCUT2D eigenvalue weighted by Gasteiger charge is 2.50. The minimum Gasteiger partial charge on any atom is -0.406 e. The molecule has 0 spiro atoms. The molecule has 5 heteroatoms. The highest BCUT2D eigenvalue weighted by atomic mass is 32.2. The van der Waals surface area contributed by atoms with Crippen LogP contribution in [0.2, 0.25) is 5.04 Å². The van der Waals surface area contributed by atoms with Crippen molar-refractivity contribution in [3.8, 4) is 0 Å². The molecule has 3 nitrogen and oxygen atoms in total. The Morgan fingerprint density at radius 2 is 1.48 bits per heavy atom. The number of nitrogens with zero attached hydrogens (tertiary/aromatic N) is 2. The summed E-state index contributed by atoms with van der Waals surface area (Å²) < 4.78 is 7.13. The Morgan fingerprint density at radius 1 is 0.935 bits per heavy atom. The summed E-state index contributed by atoms with van der Waals surface area (Å²) in [5.74, 6) is 0. The molecule has 1 aromatic heterocycles. The van der Waals surface area contributed by atoms with Gasteiger partial charge in [-0.25, -0.2) is 9.97 Å². The highest BCUT2D eigenvalue weighted by Crippen LogP contribution is 2.37. The fraction of sp³-hybridized carbons (Fsp3) is 0.308. The van der Waals surface area contributed by atoms with E-state index in [0.29, 0.717) is 6.61 Å². The van der Waals surface area contributed by atoms with Crippen molar-refractivity contribution >= 4 is 30.5 Å². The predicted octanol–water partition coefficient (Wildman–Crippen LogP) is 5.48. The van der Waals surface area contributed by atoms with E-state index in [0.717, 1.165) is 18.0 Å². The van der Waals surface area contributed by atoms with Crippen LogP contribution in [-0.2, 0) is 4.43 Å². The Hall–Kier alpha value is -2.21. The van der Waals surface area contributed by atoms with Gasteiger partial charge in [-0.3, -0.25) is 0 Å². The summed E-state index contributed by atoms with van der Waals surface area (Å²) in [5, 5.41) is 3.62. The zero-order valence-electron chi connectivity index (χ0n) is 18.7. The molecule has 1 atom stereocenters. The number of rotatable bonds is 10. The molecule has 0 aliphatic heterocycles. The van der Waals surface area contributed by atoms with Crippen molar-refractivity contribution in [1.29, 1.82) is 0 Å². The molecule has 162 valence electrons. The Morgan fingerprint density at radius 3 is 1.97 bits per heavy atom. The van der Waals surface area contributed by atoms with Gasteiger partial charge < -0.3 is 4.43 Å². The molecular formula is C26H32N2OSSi. The lowest BCUT2D eigenvalue weighted by atomic mass is 10.2. The third-order valence-corrected chi connectivity index (χ3v) is 11.5. The highest BCUT2D eigenvalue weighted by molar-refractivity contribution is 7.99. The Bertz CT molecular complexity index is 890. The summed E-state index contributed by atoms with van der Waals surface area (Å²) in [5.41, 5.74) is 0. The lowest BCUT2D eigenvalue weighted by molar-refractivity contribution is 0.294. The van der Waals surface area contributed by atoms with Crippen molar-refractivity contribution in [2.24, 2.45) is 0 Å². The van der Waals surface area contributed by atoms with Gasteiger partial charge in [0.2, 0.25) is 0 Å². The average Bonchev–Trinajstić information content (AvgIpc) is 2.79. The van der Waals surface area contributed by atoms with Crippen LogP contribution in [0.25, 0.3) is 0 Å². The van der Waals surface area contributed by atoms with Crippen molar-refractivity contribution in [1.82, 2.24) is 9.97 Å². The maximum Gasteiger partial charge on any atom is 0.261 e. The van der Waals surface area contributed by atoms with Crippen LogP contribution >= 0.6 is 11.8 Å². The minimum atomic E-state index is -2.55. The summed E-state index contributed by atoms with van der Waals surface area (Å²) in [6, 6.07) is 23.4. The molecule has 0 aliphatic rings. The van der Waals surface area contributed by atoms with E-state index in [-0.39, 0.29) is 10.3 Å². The van der Waals surface area contributed by atoms with Crippen LogP contribution in [0.4, 0.5) is 0 Å². The molecule has 0 bridgehead atoms. The van der Waals surface area contributed by atoms with Crippen molar-refractivity contribution in [2.45, 2.75) is 49.1 Å². The van der Waals surface area contributed by atoms with Gasteiger partial charge in [-0.2, -0.15) is 0 Å². The van der Waals surface area contributed by atoms with E-state index in [9.17, 15) is 0 Å². The second-order valence-electron chi connectivity index (χ2n) is 8.61. The number of allylic oxidation sites excluding steroid dienone is 1. The van der Waals surface area contributed by atoms with E-state index in [2.05, 4.69) is 98.0 Å². The second kappa shape index (κ2) is 10.9. The number of hydrogen-bond donors (Lipinski definition) is 0. The largest absolute Gasteiger partial charge is 0.406 e. The molecule has 1 unspecified atom stereocenters. The first-order valence-electron chi connectivity index (χ1n) is 10.8. The SMILES string of the molecule is C=CCCC(CO[Si](c1ccccc1)(c1ccccc1)C(C)(C)C)Sc1ncccn1. The number of thioether (sulfide) groups is 1. The van der Waals surface area contributed by atoms with Gasteiger partial charge >= 0.3 is 0 Å². The topological polar surface area (TPSA) is 35.0 Å². The fourth-order valence-electron chi connectivity index (χ4n) is 3.95. The minimum absolute atomic E-state index is 0.0351. The van der Waals surface area contributed by atoms with E-state index in [1.165, 1.54) is 10.4 Å². The van der Waals surface area contributed by atoms with Gasteiger partial charge in [0, 0.05) is 24.3 Å². The lowest BCUT2D eigenvalue weighted by Gasteiger charge is -2.43. The van der Waals surface area contributed by atoms with Crippen LogP contribution < -0.4 is 10.4 Å². The maximum absolute atomic E-state index is 7.13. The lowest BCUT2D eigenvalue weighted by Crippen LogP contribution is -2.67. The van der Waals surface area contributed by atoms with Crippen LogP contribution in [0.15, 0.2) is 96.9 Å². The molecule has 0 amide bonds. The van der Waals surface area contributed by atoms with E-state index in [4.69, 9.17) is 4.43 Å². The molecule has 31 heavy (non-hydrogen) atoms. The zero-order chi connectivity index (χ0) is 22.2. The van der Waals surface area contributed by atoms with Gasteiger partial charge in [-0.1, -0.05) is 99.3 Å². The number of aromatic nitrogens is 2. The predicted molar refractivity (Wildman–Crippen MR) is 135 cm³/mol. The molecule has 0 radical (unpaired) electrons. The average molecular weight is 449 g/mol. The molecule has 0 N–H and O–H groups in total. The van der Waals surface area contributed by atoms with E-state index >= 15 is 0 Å². The Kier molecular flexibility index (Phi) is 8.24. The molecular weight excluding hydrogens is 416 g/mol. The normalized spacial score (nSPS) is 13.0. The summed E-state index contributed by atoms with van der Waals surface area (Å²) in [6.45, 7) is 11.5. The standard InChI is InChI=1S/C26H32N2OSSi/c1-5-6-14-22(30-25-27-19-13-20-28-25)21-29-31(26(2,3)4,23-15-9-7-10-16-23)24-17-11-8-12-18-24/h5,7-13,15-20,22H,1,6,14,21H2,2-4H3. The summed E-state index contributed by atoms with van der Waals surface area (Å²) in [4.78, 5) is 8.84. The third kappa shape index (κ3) is 5.73. The number of benzene rings is 2. The van der Waals surface area contributed by atoms with E-state index in [1.54, 1.807) is 24.2 Å². The summed E-state index contributed by atoms with van der Waals surface area (Å²) >= 11 is 1.70. The first kappa shape index (κ1) is 23.5. The van der Waals surface area contributed by atoms with Gasteiger partial charge in [0.25, 0.3) is 8.32 Å². The quantitative estimate of drug-likeness (QED) is 0.178. The van der Waals surface area contributed by atoms with Crippen LogP contribution in [0, 0.1) is 0 Å². The van der Waals surface area contributed by atoms with Crippen LogP contribution in [-0.4, -0.2) is 30.1 Å². The number of hydrogen-bond acceptors (Lipinski definition) is 4. The fourth-order valence-corrected chi connectivity index (χ4v) is 9.61. The van der Waals surface area contributed by atoms with Crippen molar-refractivity contribution in [2.75, 3.05) is 6.61 Å². The van der Waals surface area contributed by atoms with Gasteiger partial charge in [-0.15, -0.1) is 6.58 Å². The van der Waals surface area contributed by atoms with Gasteiger partial charge in [0.05, 0.1) is 0 Å². The first-order valence-corrected chi connectivity index (χ1v) is 13.6. The smallest absolute Gasteiger partial charge is 0.261 e. The van der Waals surface area contributed by atoms with Crippen molar-refractivity contribution in [3.63, 3.8) is 0 Å².